The smallest absolute Gasteiger partial charge is 0.321 e. The molecule has 1 aromatic heterocycles. The molecule has 0 atom stereocenters. The third-order valence-corrected chi connectivity index (χ3v) is 4.38. The highest BCUT2D eigenvalue weighted by molar-refractivity contribution is 7.15. The highest BCUT2D eigenvalue weighted by Crippen LogP contribution is 2.29. The largest absolute Gasteiger partial charge is 0.338 e. The molecule has 0 saturated heterocycles. The molecule has 1 aromatic rings. The monoisotopic (exact) mass is 281 g/mol. The Morgan fingerprint density at radius 1 is 1.37 bits per heavy atom. The molecule has 5 heteroatoms. The predicted molar refractivity (Wildman–Crippen MR) is 79.8 cm³/mol. The van der Waals surface area contributed by atoms with Crippen molar-refractivity contribution in [3.8, 4) is 0 Å². The molecule has 0 aromatic carbocycles. The van der Waals surface area contributed by atoms with E-state index in [1.165, 1.54) is 23.4 Å². The maximum Gasteiger partial charge on any atom is 0.321 e. The van der Waals surface area contributed by atoms with Gasteiger partial charge in [-0.25, -0.2) is 9.78 Å². The number of carbonyl (C=O) groups excluding carboxylic acids is 1. The zero-order valence-electron chi connectivity index (χ0n) is 11.8. The molecule has 2 N–H and O–H groups in total. The molecule has 4 nitrogen and oxygen atoms in total. The molecule has 0 bridgehead atoms. The minimum absolute atomic E-state index is 0.130. The summed E-state index contributed by atoms with van der Waals surface area (Å²) in [6.07, 6.45) is 6.81. The standard InChI is InChI=1S/C14H23N3OS/c1-10(2)6-5-9-15-13(18)17-14-16-11-7-3-4-8-12(11)19-14/h10H,3-9H2,1-2H3,(H2,15,16,17,18). The van der Waals surface area contributed by atoms with Crippen molar-refractivity contribution in [2.75, 3.05) is 11.9 Å². The number of carbonyl (C=O) groups is 1. The van der Waals surface area contributed by atoms with Crippen LogP contribution in [-0.2, 0) is 12.8 Å². The first-order valence-electron chi connectivity index (χ1n) is 7.18. The first-order valence-corrected chi connectivity index (χ1v) is 8.00. The van der Waals surface area contributed by atoms with Crippen LogP contribution in [0.5, 0.6) is 0 Å². The van der Waals surface area contributed by atoms with E-state index in [4.69, 9.17) is 0 Å². The second-order valence-corrected chi connectivity index (χ2v) is 6.60. The van der Waals surface area contributed by atoms with E-state index in [0.717, 1.165) is 37.4 Å². The summed E-state index contributed by atoms with van der Waals surface area (Å²) in [5.74, 6) is 0.690. The third kappa shape index (κ3) is 4.49. The lowest BCUT2D eigenvalue weighted by atomic mass is 10.0. The number of hydrogen-bond donors (Lipinski definition) is 2. The summed E-state index contributed by atoms with van der Waals surface area (Å²) in [6, 6.07) is -0.130. The summed E-state index contributed by atoms with van der Waals surface area (Å²) in [5, 5.41) is 6.47. The lowest BCUT2D eigenvalue weighted by Crippen LogP contribution is -2.29. The van der Waals surface area contributed by atoms with Gasteiger partial charge in [0.2, 0.25) is 0 Å². The van der Waals surface area contributed by atoms with Gasteiger partial charge in [-0.15, -0.1) is 11.3 Å². The number of hydrogen-bond acceptors (Lipinski definition) is 3. The van der Waals surface area contributed by atoms with Gasteiger partial charge < -0.3 is 5.32 Å². The van der Waals surface area contributed by atoms with Crippen molar-refractivity contribution in [3.63, 3.8) is 0 Å². The van der Waals surface area contributed by atoms with Crippen LogP contribution in [0.2, 0.25) is 0 Å². The quantitative estimate of drug-likeness (QED) is 0.811. The number of nitrogens with zero attached hydrogens (tertiary/aromatic N) is 1. The number of urea groups is 1. The second-order valence-electron chi connectivity index (χ2n) is 5.51. The summed E-state index contributed by atoms with van der Waals surface area (Å²) in [5.41, 5.74) is 1.19. The highest BCUT2D eigenvalue weighted by atomic mass is 32.1. The molecule has 106 valence electrons. The first-order chi connectivity index (χ1) is 9.15. The number of aromatic nitrogens is 1. The fourth-order valence-electron chi connectivity index (χ4n) is 2.26. The van der Waals surface area contributed by atoms with E-state index in [2.05, 4.69) is 29.5 Å². The normalized spacial score (nSPS) is 14.3. The van der Waals surface area contributed by atoms with Crippen molar-refractivity contribution in [2.24, 2.45) is 5.92 Å². The van der Waals surface area contributed by atoms with Crippen LogP contribution in [0.3, 0.4) is 0 Å². The van der Waals surface area contributed by atoms with Gasteiger partial charge in [-0.2, -0.15) is 0 Å². The maximum atomic E-state index is 11.7. The summed E-state index contributed by atoms with van der Waals surface area (Å²) in [6.45, 7) is 5.12. The lowest BCUT2D eigenvalue weighted by molar-refractivity contribution is 0.251. The molecule has 0 radical (unpaired) electrons. The molecule has 1 aliphatic rings. The number of rotatable bonds is 5. The van der Waals surface area contributed by atoms with E-state index in [9.17, 15) is 4.79 Å². The fourth-order valence-corrected chi connectivity index (χ4v) is 3.30. The second kappa shape index (κ2) is 6.89. The van der Waals surface area contributed by atoms with Gasteiger partial charge in [0.05, 0.1) is 5.69 Å². The van der Waals surface area contributed by atoms with E-state index in [1.54, 1.807) is 11.3 Å². The Bertz CT molecular complexity index is 405. The molecule has 0 fully saturated rings. The number of fused-ring (bicyclic) bond motifs is 1. The minimum Gasteiger partial charge on any atom is -0.338 e. The molecule has 19 heavy (non-hydrogen) atoms. The Morgan fingerprint density at radius 3 is 2.89 bits per heavy atom. The van der Waals surface area contributed by atoms with Crippen molar-refractivity contribution in [3.05, 3.63) is 10.6 Å². The molecular weight excluding hydrogens is 258 g/mol. The van der Waals surface area contributed by atoms with Gasteiger partial charge in [0.15, 0.2) is 5.13 Å². The van der Waals surface area contributed by atoms with Crippen molar-refractivity contribution in [1.29, 1.82) is 0 Å². The van der Waals surface area contributed by atoms with Gasteiger partial charge in [-0.05, 0) is 44.4 Å². The molecule has 0 saturated carbocycles. The molecule has 0 spiro atoms. The van der Waals surface area contributed by atoms with Crippen LogP contribution in [0.1, 0.15) is 50.1 Å². The molecule has 2 rings (SSSR count). The average Bonchev–Trinajstić information content (AvgIpc) is 2.76. The van der Waals surface area contributed by atoms with E-state index >= 15 is 0 Å². The van der Waals surface area contributed by atoms with Crippen LogP contribution in [0.4, 0.5) is 9.93 Å². The van der Waals surface area contributed by atoms with Crippen molar-refractivity contribution in [1.82, 2.24) is 10.3 Å². The van der Waals surface area contributed by atoms with Gasteiger partial charge in [-0.3, -0.25) is 5.32 Å². The third-order valence-electron chi connectivity index (χ3n) is 3.31. The zero-order chi connectivity index (χ0) is 13.7. The van der Waals surface area contributed by atoms with Gasteiger partial charge in [0.25, 0.3) is 0 Å². The summed E-state index contributed by atoms with van der Waals surface area (Å²) in [4.78, 5) is 17.6. The Balaban J connectivity index is 1.74. The van der Waals surface area contributed by atoms with Crippen LogP contribution >= 0.6 is 11.3 Å². The van der Waals surface area contributed by atoms with E-state index in [0.29, 0.717) is 5.92 Å². The van der Waals surface area contributed by atoms with Gasteiger partial charge in [0, 0.05) is 11.4 Å². The number of anilines is 1. The molecule has 1 heterocycles. The Labute approximate surface area is 119 Å². The number of aryl methyl sites for hydroxylation is 2. The van der Waals surface area contributed by atoms with E-state index in [-0.39, 0.29) is 6.03 Å². The highest BCUT2D eigenvalue weighted by Gasteiger charge is 2.15. The first kappa shape index (κ1) is 14.3. The summed E-state index contributed by atoms with van der Waals surface area (Å²) in [7, 11) is 0. The molecule has 0 aliphatic heterocycles. The van der Waals surface area contributed by atoms with Crippen molar-refractivity contribution in [2.45, 2.75) is 52.4 Å². The Hall–Kier alpha value is -1.10. The van der Waals surface area contributed by atoms with Crippen LogP contribution < -0.4 is 10.6 Å². The Kier molecular flexibility index (Phi) is 5.19. The van der Waals surface area contributed by atoms with E-state index in [1.807, 2.05) is 0 Å². The van der Waals surface area contributed by atoms with Crippen LogP contribution in [-0.4, -0.2) is 17.6 Å². The topological polar surface area (TPSA) is 54.0 Å². The minimum atomic E-state index is -0.130. The van der Waals surface area contributed by atoms with Crippen molar-refractivity contribution >= 4 is 22.5 Å². The lowest BCUT2D eigenvalue weighted by Gasteiger charge is -2.06. The number of thiazole rings is 1. The van der Waals surface area contributed by atoms with Crippen molar-refractivity contribution < 1.29 is 4.79 Å². The predicted octanol–water partition coefficient (Wildman–Crippen LogP) is 3.58. The summed E-state index contributed by atoms with van der Waals surface area (Å²) >= 11 is 1.62. The van der Waals surface area contributed by atoms with Crippen LogP contribution in [0.15, 0.2) is 0 Å². The number of nitrogens with one attached hydrogen (secondary N) is 2. The molecule has 2 amide bonds. The van der Waals surface area contributed by atoms with Gasteiger partial charge in [-0.1, -0.05) is 13.8 Å². The maximum absolute atomic E-state index is 11.7. The average molecular weight is 281 g/mol. The summed E-state index contributed by atoms with van der Waals surface area (Å²) < 4.78 is 0. The number of amides is 2. The fraction of sp³-hybridized carbons (Fsp3) is 0.714. The van der Waals surface area contributed by atoms with Crippen LogP contribution in [0.25, 0.3) is 0 Å². The molecule has 0 unspecified atom stereocenters. The van der Waals surface area contributed by atoms with Crippen LogP contribution in [0, 0.1) is 5.92 Å². The molecule has 1 aliphatic carbocycles. The Morgan fingerprint density at radius 2 is 2.16 bits per heavy atom. The molecular formula is C14H23N3OS. The van der Waals surface area contributed by atoms with Gasteiger partial charge >= 0.3 is 6.03 Å². The van der Waals surface area contributed by atoms with E-state index < -0.39 is 0 Å². The van der Waals surface area contributed by atoms with Gasteiger partial charge in [0.1, 0.15) is 0 Å². The SMILES string of the molecule is CC(C)CCCNC(=O)Nc1nc2c(s1)CCCC2. The zero-order valence-corrected chi connectivity index (χ0v) is 12.6.